The Bertz CT molecular complexity index is 723. The van der Waals surface area contributed by atoms with E-state index >= 15 is 0 Å². The number of imidazole rings is 1. The van der Waals surface area contributed by atoms with Gasteiger partial charge in [-0.1, -0.05) is 6.07 Å². The van der Waals surface area contributed by atoms with Gasteiger partial charge in [0.1, 0.15) is 17.2 Å². The number of thiazole rings is 1. The van der Waals surface area contributed by atoms with Crippen LogP contribution in [-0.4, -0.2) is 16.0 Å². The number of hydrogen-bond donors (Lipinski definition) is 0. The molecule has 0 aliphatic heterocycles. The molecule has 1 aromatic carbocycles. The molecule has 6 heteroatoms. The summed E-state index contributed by atoms with van der Waals surface area (Å²) in [5, 5.41) is 1.97. The zero-order valence-corrected chi connectivity index (χ0v) is 12.4. The van der Waals surface area contributed by atoms with Crippen molar-refractivity contribution in [1.82, 2.24) is 9.38 Å². The Morgan fingerprint density at radius 3 is 3.00 bits per heavy atom. The van der Waals surface area contributed by atoms with Crippen LogP contribution < -0.4 is 9.47 Å². The summed E-state index contributed by atoms with van der Waals surface area (Å²) >= 11 is 7.54. The number of fused-ring (bicyclic) bond motifs is 1. The van der Waals surface area contributed by atoms with Gasteiger partial charge in [-0.05, 0) is 19.1 Å². The van der Waals surface area contributed by atoms with E-state index in [4.69, 9.17) is 21.1 Å². The van der Waals surface area contributed by atoms with Crippen LogP contribution in [0, 0.1) is 0 Å². The fourth-order valence-corrected chi connectivity index (χ4v) is 2.89. The number of hydrogen-bond acceptors (Lipinski definition) is 4. The molecule has 0 saturated carbocycles. The normalized spacial score (nSPS) is 10.9. The molecule has 0 saturated heterocycles. The van der Waals surface area contributed by atoms with Crippen LogP contribution in [0.4, 0.5) is 0 Å². The van der Waals surface area contributed by atoms with Crippen LogP contribution in [0.25, 0.3) is 4.96 Å². The highest BCUT2D eigenvalue weighted by atomic mass is 35.5. The molecule has 0 aliphatic carbocycles. The second-order valence-electron chi connectivity index (χ2n) is 4.06. The van der Waals surface area contributed by atoms with Crippen LogP contribution in [0.3, 0.4) is 0 Å². The van der Waals surface area contributed by atoms with E-state index in [2.05, 4.69) is 4.98 Å². The highest BCUT2D eigenvalue weighted by Gasteiger charge is 2.14. The summed E-state index contributed by atoms with van der Waals surface area (Å²) in [7, 11) is 0. The maximum absolute atomic E-state index is 6.00. The van der Waals surface area contributed by atoms with Gasteiger partial charge in [0.05, 0.1) is 12.5 Å². The number of ether oxygens (including phenoxy) is 2. The molecule has 104 valence electrons. The number of nitrogens with zero attached hydrogens (tertiary/aromatic N) is 2. The molecule has 0 radical (unpaired) electrons. The van der Waals surface area contributed by atoms with Crippen molar-refractivity contribution in [3.05, 3.63) is 41.5 Å². The van der Waals surface area contributed by atoms with Gasteiger partial charge in [0.15, 0.2) is 4.96 Å². The summed E-state index contributed by atoms with van der Waals surface area (Å²) < 4.78 is 13.2. The van der Waals surface area contributed by atoms with Gasteiger partial charge in [0.25, 0.3) is 0 Å². The summed E-state index contributed by atoms with van der Waals surface area (Å²) in [5.74, 6) is 2.35. The van der Waals surface area contributed by atoms with Gasteiger partial charge >= 0.3 is 0 Å². The summed E-state index contributed by atoms with van der Waals surface area (Å²) in [4.78, 5) is 5.32. The number of alkyl halides is 1. The molecule has 0 unspecified atom stereocenters. The molecule has 4 nitrogen and oxygen atoms in total. The van der Waals surface area contributed by atoms with E-state index in [-0.39, 0.29) is 0 Å². The summed E-state index contributed by atoms with van der Waals surface area (Å²) in [6.07, 6.45) is 1.94. The van der Waals surface area contributed by atoms with Gasteiger partial charge < -0.3 is 9.47 Å². The highest BCUT2D eigenvalue weighted by molar-refractivity contribution is 7.15. The predicted octanol–water partition coefficient (Wildman–Crippen LogP) is 4.33. The number of aromatic nitrogens is 2. The maximum Gasteiger partial charge on any atom is 0.243 e. The largest absolute Gasteiger partial charge is 0.494 e. The molecule has 0 spiro atoms. The van der Waals surface area contributed by atoms with Gasteiger partial charge in [-0.15, -0.1) is 22.9 Å². The zero-order valence-electron chi connectivity index (χ0n) is 10.9. The molecule has 0 atom stereocenters. The molecule has 3 rings (SSSR count). The fraction of sp³-hybridized carbons (Fsp3) is 0.214. The van der Waals surface area contributed by atoms with Crippen molar-refractivity contribution in [3.8, 4) is 17.4 Å². The second-order valence-corrected chi connectivity index (χ2v) is 5.20. The quantitative estimate of drug-likeness (QED) is 0.658. The minimum Gasteiger partial charge on any atom is -0.494 e. The lowest BCUT2D eigenvalue weighted by Gasteiger charge is -2.07. The molecule has 0 bridgehead atoms. The summed E-state index contributed by atoms with van der Waals surface area (Å²) in [6, 6.07) is 7.49. The van der Waals surface area contributed by atoms with E-state index in [1.54, 1.807) is 11.3 Å². The van der Waals surface area contributed by atoms with E-state index in [1.807, 2.05) is 47.2 Å². The molecule has 20 heavy (non-hydrogen) atoms. The Labute approximate surface area is 125 Å². The van der Waals surface area contributed by atoms with Gasteiger partial charge in [-0.25, -0.2) is 0 Å². The van der Waals surface area contributed by atoms with Gasteiger partial charge in [0.2, 0.25) is 5.88 Å². The van der Waals surface area contributed by atoms with Crippen molar-refractivity contribution in [2.45, 2.75) is 12.8 Å². The first-order valence-electron chi connectivity index (χ1n) is 6.23. The van der Waals surface area contributed by atoms with Gasteiger partial charge in [-0.3, -0.25) is 4.40 Å². The first kappa shape index (κ1) is 13.3. The fourth-order valence-electron chi connectivity index (χ4n) is 1.92. The van der Waals surface area contributed by atoms with Crippen LogP contribution in [-0.2, 0) is 5.88 Å². The third-order valence-corrected chi connectivity index (χ3v) is 3.79. The SMILES string of the molecule is CCOc1cccc(Oc2nc3sccn3c2CCl)c1. The van der Waals surface area contributed by atoms with E-state index in [1.165, 1.54) is 0 Å². The van der Waals surface area contributed by atoms with Crippen LogP contribution in [0.5, 0.6) is 17.4 Å². The minimum atomic E-state index is 0.346. The van der Waals surface area contributed by atoms with Crippen molar-refractivity contribution in [2.75, 3.05) is 6.61 Å². The smallest absolute Gasteiger partial charge is 0.243 e. The van der Waals surface area contributed by atoms with E-state index in [9.17, 15) is 0 Å². The summed E-state index contributed by atoms with van der Waals surface area (Å²) in [6.45, 7) is 2.57. The van der Waals surface area contributed by atoms with E-state index in [0.717, 1.165) is 16.4 Å². The molecule has 2 aromatic heterocycles. The van der Waals surface area contributed by atoms with Crippen LogP contribution in [0.1, 0.15) is 12.6 Å². The second kappa shape index (κ2) is 5.73. The van der Waals surface area contributed by atoms with Crippen molar-refractivity contribution in [2.24, 2.45) is 0 Å². The molecule has 0 fully saturated rings. The van der Waals surface area contributed by atoms with Crippen LogP contribution in [0.15, 0.2) is 35.8 Å². The van der Waals surface area contributed by atoms with Gasteiger partial charge in [-0.2, -0.15) is 4.98 Å². The predicted molar refractivity (Wildman–Crippen MR) is 80.3 cm³/mol. The topological polar surface area (TPSA) is 35.8 Å². The molecule has 3 aromatic rings. The third kappa shape index (κ3) is 2.46. The van der Waals surface area contributed by atoms with Crippen molar-refractivity contribution < 1.29 is 9.47 Å². The molecule has 0 amide bonds. The Balaban J connectivity index is 1.92. The molecular formula is C14H13ClN2O2S. The van der Waals surface area contributed by atoms with Gasteiger partial charge in [0, 0.05) is 17.6 Å². The molecular weight excluding hydrogens is 296 g/mol. The first-order valence-corrected chi connectivity index (χ1v) is 7.64. The number of halogens is 1. The lowest BCUT2D eigenvalue weighted by molar-refractivity contribution is 0.338. The Morgan fingerprint density at radius 1 is 1.35 bits per heavy atom. The van der Waals surface area contributed by atoms with Crippen molar-refractivity contribution >= 4 is 27.9 Å². The molecule has 2 heterocycles. The standard InChI is InChI=1S/C14H13ClN2O2S/c1-2-18-10-4-3-5-11(8-10)19-13-12(9-15)17-6-7-20-14(17)16-13/h3-8H,2,9H2,1H3. The Hall–Kier alpha value is -1.72. The lowest BCUT2D eigenvalue weighted by atomic mass is 10.3. The molecule has 0 aliphatic rings. The van der Waals surface area contributed by atoms with Crippen molar-refractivity contribution in [3.63, 3.8) is 0 Å². The number of rotatable bonds is 5. The Morgan fingerprint density at radius 2 is 2.20 bits per heavy atom. The average Bonchev–Trinajstić information content (AvgIpc) is 3.00. The van der Waals surface area contributed by atoms with Crippen molar-refractivity contribution in [1.29, 1.82) is 0 Å². The highest BCUT2D eigenvalue weighted by Crippen LogP contribution is 2.30. The van der Waals surface area contributed by atoms with Crippen LogP contribution in [0.2, 0.25) is 0 Å². The average molecular weight is 309 g/mol. The maximum atomic E-state index is 6.00. The zero-order chi connectivity index (χ0) is 13.9. The van der Waals surface area contributed by atoms with E-state index in [0.29, 0.717) is 24.1 Å². The molecule has 0 N–H and O–H groups in total. The first-order chi connectivity index (χ1) is 9.81. The van der Waals surface area contributed by atoms with E-state index < -0.39 is 0 Å². The number of benzene rings is 1. The summed E-state index contributed by atoms with van der Waals surface area (Å²) in [5.41, 5.74) is 0.852. The lowest BCUT2D eigenvalue weighted by Crippen LogP contribution is -1.93. The minimum absolute atomic E-state index is 0.346. The Kier molecular flexibility index (Phi) is 3.80. The monoisotopic (exact) mass is 308 g/mol. The third-order valence-electron chi connectivity index (χ3n) is 2.78. The van der Waals surface area contributed by atoms with Crippen LogP contribution >= 0.6 is 22.9 Å².